The van der Waals surface area contributed by atoms with Gasteiger partial charge in [-0.1, -0.05) is 18.2 Å². The molecule has 3 heterocycles. The summed E-state index contributed by atoms with van der Waals surface area (Å²) in [4.78, 5) is 11.0. The zero-order valence-corrected chi connectivity index (χ0v) is 14.5. The summed E-state index contributed by atoms with van der Waals surface area (Å²) in [5.41, 5.74) is 2.08. The van der Waals surface area contributed by atoms with Crippen LogP contribution < -0.4 is 10.2 Å². The molecule has 1 saturated heterocycles. The van der Waals surface area contributed by atoms with E-state index < -0.39 is 0 Å². The van der Waals surface area contributed by atoms with E-state index in [-0.39, 0.29) is 6.04 Å². The van der Waals surface area contributed by atoms with Gasteiger partial charge < -0.3 is 19.4 Å². The quantitative estimate of drug-likeness (QED) is 0.785. The Morgan fingerprint density at radius 1 is 1.16 bits per heavy atom. The van der Waals surface area contributed by atoms with E-state index >= 15 is 0 Å². The van der Waals surface area contributed by atoms with Crippen molar-refractivity contribution in [3.63, 3.8) is 0 Å². The van der Waals surface area contributed by atoms with Gasteiger partial charge in [0.05, 0.1) is 19.3 Å². The SMILES string of the molecule is Cc1c([C@H](C)Nc2cc(N3CCOCC3)ncn2)oc2ccccc12. The lowest BCUT2D eigenvalue weighted by Gasteiger charge is -2.28. The van der Waals surface area contributed by atoms with Crippen LogP contribution in [0.15, 0.2) is 41.1 Å². The molecule has 0 aliphatic carbocycles. The molecule has 6 heteroatoms. The van der Waals surface area contributed by atoms with E-state index in [1.54, 1.807) is 6.33 Å². The number of para-hydroxylation sites is 1. The van der Waals surface area contributed by atoms with Crippen molar-refractivity contribution in [1.82, 2.24) is 9.97 Å². The number of hydrogen-bond donors (Lipinski definition) is 1. The van der Waals surface area contributed by atoms with Crippen molar-refractivity contribution in [2.45, 2.75) is 19.9 Å². The molecule has 0 spiro atoms. The Kier molecular flexibility index (Phi) is 4.28. The number of anilines is 2. The standard InChI is InChI=1S/C19H22N4O2/c1-13-15-5-3-4-6-16(15)25-19(13)14(2)22-17-11-18(21-12-20-17)23-7-9-24-10-8-23/h3-6,11-12,14H,7-10H2,1-2H3,(H,20,21,22)/t14-/m0/s1. The first-order chi connectivity index (χ1) is 12.2. The highest BCUT2D eigenvalue weighted by atomic mass is 16.5. The molecule has 25 heavy (non-hydrogen) atoms. The van der Waals surface area contributed by atoms with Gasteiger partial charge in [0.1, 0.15) is 29.3 Å². The second-order valence-corrected chi connectivity index (χ2v) is 6.31. The Balaban J connectivity index is 1.55. The predicted molar refractivity (Wildman–Crippen MR) is 98.1 cm³/mol. The molecule has 6 nitrogen and oxygen atoms in total. The number of hydrogen-bond acceptors (Lipinski definition) is 6. The average Bonchev–Trinajstić information content (AvgIpc) is 3.00. The van der Waals surface area contributed by atoms with Gasteiger partial charge in [0, 0.05) is 30.1 Å². The van der Waals surface area contributed by atoms with E-state index in [9.17, 15) is 0 Å². The molecule has 3 aromatic rings. The summed E-state index contributed by atoms with van der Waals surface area (Å²) in [7, 11) is 0. The second-order valence-electron chi connectivity index (χ2n) is 6.31. The minimum absolute atomic E-state index is 0.0137. The minimum atomic E-state index is 0.0137. The number of fused-ring (bicyclic) bond motifs is 1. The molecule has 2 aromatic heterocycles. The fourth-order valence-electron chi connectivity index (χ4n) is 3.29. The van der Waals surface area contributed by atoms with Crippen LogP contribution in [0.5, 0.6) is 0 Å². The van der Waals surface area contributed by atoms with Crippen LogP contribution >= 0.6 is 0 Å². The summed E-state index contributed by atoms with van der Waals surface area (Å²) in [5.74, 6) is 2.66. The second kappa shape index (κ2) is 6.72. The molecule has 1 N–H and O–H groups in total. The highest BCUT2D eigenvalue weighted by Crippen LogP contribution is 2.31. The van der Waals surface area contributed by atoms with Gasteiger partial charge in [0.25, 0.3) is 0 Å². The summed E-state index contributed by atoms with van der Waals surface area (Å²) in [5, 5.41) is 4.59. The number of nitrogens with zero attached hydrogens (tertiary/aromatic N) is 3. The summed E-state index contributed by atoms with van der Waals surface area (Å²) in [6.07, 6.45) is 1.60. The van der Waals surface area contributed by atoms with E-state index in [0.29, 0.717) is 0 Å². The lowest BCUT2D eigenvalue weighted by Crippen LogP contribution is -2.36. The molecule has 0 amide bonds. The minimum Gasteiger partial charge on any atom is -0.459 e. The Morgan fingerprint density at radius 3 is 2.76 bits per heavy atom. The number of aromatic nitrogens is 2. The number of ether oxygens (including phenoxy) is 1. The van der Waals surface area contributed by atoms with Crippen molar-refractivity contribution in [2.24, 2.45) is 0 Å². The maximum absolute atomic E-state index is 6.05. The third-order valence-corrected chi connectivity index (χ3v) is 4.63. The molecule has 130 valence electrons. The molecule has 0 radical (unpaired) electrons. The van der Waals surface area contributed by atoms with Crippen molar-refractivity contribution < 1.29 is 9.15 Å². The highest BCUT2D eigenvalue weighted by Gasteiger charge is 2.18. The molecular weight excluding hydrogens is 316 g/mol. The molecule has 1 fully saturated rings. The highest BCUT2D eigenvalue weighted by molar-refractivity contribution is 5.82. The van der Waals surface area contributed by atoms with Crippen LogP contribution in [0.4, 0.5) is 11.6 Å². The molecule has 1 aliphatic rings. The maximum atomic E-state index is 6.05. The van der Waals surface area contributed by atoms with E-state index in [4.69, 9.17) is 9.15 Å². The molecule has 0 bridgehead atoms. The van der Waals surface area contributed by atoms with Crippen LogP contribution in [0.25, 0.3) is 11.0 Å². The fraction of sp³-hybridized carbons (Fsp3) is 0.368. The molecule has 0 saturated carbocycles. The van der Waals surface area contributed by atoms with Crippen molar-refractivity contribution in [3.05, 3.63) is 48.0 Å². The van der Waals surface area contributed by atoms with Crippen LogP contribution in [0.2, 0.25) is 0 Å². The molecule has 1 aliphatic heterocycles. The van der Waals surface area contributed by atoms with Crippen molar-refractivity contribution >= 4 is 22.6 Å². The molecular formula is C19H22N4O2. The number of rotatable bonds is 4. The van der Waals surface area contributed by atoms with Crippen molar-refractivity contribution in [3.8, 4) is 0 Å². The predicted octanol–water partition coefficient (Wildman–Crippen LogP) is 3.54. The van der Waals surface area contributed by atoms with E-state index in [1.165, 1.54) is 0 Å². The van der Waals surface area contributed by atoms with Gasteiger partial charge in [-0.05, 0) is 19.9 Å². The molecule has 1 aromatic carbocycles. The van der Waals surface area contributed by atoms with Crippen molar-refractivity contribution in [2.75, 3.05) is 36.5 Å². The van der Waals surface area contributed by atoms with Gasteiger partial charge in [0.2, 0.25) is 0 Å². The van der Waals surface area contributed by atoms with E-state index in [0.717, 1.165) is 60.2 Å². The summed E-state index contributed by atoms with van der Waals surface area (Å²) in [6, 6.07) is 10.1. The third-order valence-electron chi connectivity index (χ3n) is 4.63. The number of aryl methyl sites for hydroxylation is 1. The van der Waals surface area contributed by atoms with E-state index in [1.807, 2.05) is 24.3 Å². The largest absolute Gasteiger partial charge is 0.459 e. The monoisotopic (exact) mass is 338 g/mol. The van der Waals surface area contributed by atoms with E-state index in [2.05, 4.69) is 40.1 Å². The zero-order valence-electron chi connectivity index (χ0n) is 14.5. The molecule has 0 unspecified atom stereocenters. The lowest BCUT2D eigenvalue weighted by atomic mass is 10.1. The van der Waals surface area contributed by atoms with Gasteiger partial charge in [-0.25, -0.2) is 9.97 Å². The smallest absolute Gasteiger partial charge is 0.134 e. The third kappa shape index (κ3) is 3.17. The van der Waals surface area contributed by atoms with Gasteiger partial charge >= 0.3 is 0 Å². The average molecular weight is 338 g/mol. The Labute approximate surface area is 146 Å². The molecule has 4 rings (SSSR count). The topological polar surface area (TPSA) is 63.4 Å². The lowest BCUT2D eigenvalue weighted by molar-refractivity contribution is 0.122. The van der Waals surface area contributed by atoms with Crippen LogP contribution in [0, 0.1) is 6.92 Å². The summed E-state index contributed by atoms with van der Waals surface area (Å²) >= 11 is 0. The number of benzene rings is 1. The first-order valence-corrected chi connectivity index (χ1v) is 8.61. The summed E-state index contributed by atoms with van der Waals surface area (Å²) < 4.78 is 11.4. The van der Waals surface area contributed by atoms with Crippen LogP contribution in [0.1, 0.15) is 24.3 Å². The Morgan fingerprint density at radius 2 is 1.96 bits per heavy atom. The van der Waals surface area contributed by atoms with Crippen LogP contribution in [-0.2, 0) is 4.74 Å². The Bertz CT molecular complexity index is 871. The first-order valence-electron chi connectivity index (χ1n) is 8.61. The van der Waals surface area contributed by atoms with Crippen molar-refractivity contribution in [1.29, 1.82) is 0 Å². The van der Waals surface area contributed by atoms with Gasteiger partial charge in [-0.15, -0.1) is 0 Å². The fourth-order valence-corrected chi connectivity index (χ4v) is 3.29. The normalized spacial score (nSPS) is 16.2. The number of morpholine rings is 1. The number of nitrogens with one attached hydrogen (secondary N) is 1. The van der Waals surface area contributed by atoms with Crippen LogP contribution in [0.3, 0.4) is 0 Å². The zero-order chi connectivity index (χ0) is 17.2. The first kappa shape index (κ1) is 15.9. The Hall–Kier alpha value is -2.60. The maximum Gasteiger partial charge on any atom is 0.134 e. The molecule has 1 atom stereocenters. The number of furan rings is 1. The van der Waals surface area contributed by atoms with Gasteiger partial charge in [-0.2, -0.15) is 0 Å². The van der Waals surface area contributed by atoms with Crippen LogP contribution in [-0.4, -0.2) is 36.3 Å². The summed E-state index contributed by atoms with van der Waals surface area (Å²) in [6.45, 7) is 7.37. The van der Waals surface area contributed by atoms with Gasteiger partial charge in [-0.3, -0.25) is 0 Å². The van der Waals surface area contributed by atoms with Gasteiger partial charge in [0.15, 0.2) is 0 Å².